The summed E-state index contributed by atoms with van der Waals surface area (Å²) in [6.45, 7) is 6.45. The molecule has 126 valence electrons. The average Bonchev–Trinajstić information content (AvgIpc) is 3.20. The summed E-state index contributed by atoms with van der Waals surface area (Å²) in [6.07, 6.45) is 2.61. The first-order valence-electron chi connectivity index (χ1n) is 8.58. The van der Waals surface area contributed by atoms with E-state index in [0.29, 0.717) is 0 Å². The number of fused-ring (bicyclic) bond motifs is 1. The number of rotatable bonds is 5. The smallest absolute Gasteiger partial charge is 0.178 e. The van der Waals surface area contributed by atoms with E-state index in [1.54, 1.807) is 11.3 Å². The fourth-order valence-electron chi connectivity index (χ4n) is 3.17. The van der Waals surface area contributed by atoms with E-state index in [0.717, 1.165) is 46.4 Å². The van der Waals surface area contributed by atoms with Crippen LogP contribution in [0.25, 0.3) is 21.5 Å². The summed E-state index contributed by atoms with van der Waals surface area (Å²) in [5.41, 5.74) is 2.79. The van der Waals surface area contributed by atoms with Crippen LogP contribution in [0.5, 0.6) is 5.75 Å². The molecule has 1 aliphatic heterocycles. The lowest BCUT2D eigenvalue weighted by molar-refractivity contribution is 0.160. The quantitative estimate of drug-likeness (QED) is 0.675. The van der Waals surface area contributed by atoms with Crippen LogP contribution >= 0.6 is 11.3 Å². The number of hydrogen-bond acceptors (Lipinski definition) is 5. The van der Waals surface area contributed by atoms with Gasteiger partial charge in [-0.2, -0.15) is 0 Å². The van der Waals surface area contributed by atoms with Crippen molar-refractivity contribution in [1.29, 1.82) is 0 Å². The molecule has 1 saturated heterocycles. The topological polar surface area (TPSA) is 38.5 Å². The summed E-state index contributed by atoms with van der Waals surface area (Å²) in [7, 11) is 0. The highest BCUT2D eigenvalue weighted by Crippen LogP contribution is 2.33. The maximum absolute atomic E-state index is 5.97. The molecule has 3 aromatic rings. The number of aromatic nitrogens is 1. The zero-order valence-corrected chi connectivity index (χ0v) is 14.7. The van der Waals surface area contributed by atoms with Crippen LogP contribution in [0.4, 0.5) is 0 Å². The van der Waals surface area contributed by atoms with Crippen LogP contribution in [0, 0.1) is 5.92 Å². The van der Waals surface area contributed by atoms with Gasteiger partial charge in [-0.15, -0.1) is 11.3 Å². The summed E-state index contributed by atoms with van der Waals surface area (Å²) in [4.78, 5) is 2.50. The Balaban J connectivity index is 1.39. The number of ether oxygens (including phenoxy) is 1. The Morgan fingerprint density at radius 3 is 3.04 bits per heavy atom. The molecule has 0 N–H and O–H groups in total. The predicted octanol–water partition coefficient (Wildman–Crippen LogP) is 4.67. The van der Waals surface area contributed by atoms with Crippen molar-refractivity contribution < 1.29 is 9.26 Å². The van der Waals surface area contributed by atoms with E-state index in [1.807, 2.05) is 23.6 Å². The Bertz CT molecular complexity index is 802. The van der Waals surface area contributed by atoms with Gasteiger partial charge in [-0.1, -0.05) is 24.2 Å². The van der Waals surface area contributed by atoms with Gasteiger partial charge in [0.2, 0.25) is 0 Å². The first-order chi connectivity index (χ1) is 11.8. The van der Waals surface area contributed by atoms with E-state index < -0.39 is 0 Å². The number of likely N-dealkylation sites (tertiary alicyclic amines) is 1. The van der Waals surface area contributed by atoms with Crippen molar-refractivity contribution in [1.82, 2.24) is 10.1 Å². The van der Waals surface area contributed by atoms with Crippen LogP contribution in [0.2, 0.25) is 0 Å². The van der Waals surface area contributed by atoms with Crippen molar-refractivity contribution in [2.45, 2.75) is 19.8 Å². The molecule has 0 aliphatic carbocycles. The Morgan fingerprint density at radius 1 is 1.29 bits per heavy atom. The molecule has 0 spiro atoms. The van der Waals surface area contributed by atoms with Crippen molar-refractivity contribution in [2.24, 2.45) is 5.92 Å². The zero-order valence-electron chi connectivity index (χ0n) is 13.9. The van der Waals surface area contributed by atoms with E-state index in [9.17, 15) is 0 Å². The number of piperidine rings is 1. The third-order valence-electron chi connectivity index (χ3n) is 4.74. The monoisotopic (exact) mass is 342 g/mol. The molecule has 0 radical (unpaired) electrons. The third-order valence-corrected chi connectivity index (χ3v) is 5.64. The van der Waals surface area contributed by atoms with Gasteiger partial charge in [-0.3, -0.25) is 4.90 Å². The molecule has 5 heteroatoms. The summed E-state index contributed by atoms with van der Waals surface area (Å²) >= 11 is 1.65. The molecule has 0 unspecified atom stereocenters. The lowest BCUT2D eigenvalue weighted by Gasteiger charge is -2.29. The number of nitrogens with zero attached hydrogens (tertiary/aromatic N) is 2. The van der Waals surface area contributed by atoms with Crippen LogP contribution in [0.15, 0.2) is 40.2 Å². The molecule has 0 amide bonds. The van der Waals surface area contributed by atoms with Crippen LogP contribution in [0.3, 0.4) is 0 Å². The van der Waals surface area contributed by atoms with E-state index >= 15 is 0 Å². The molecule has 4 nitrogen and oxygen atoms in total. The molecular weight excluding hydrogens is 320 g/mol. The lowest BCUT2D eigenvalue weighted by atomic mass is 9.99. The molecular formula is C19H22N2O2S. The van der Waals surface area contributed by atoms with Crippen LogP contribution in [-0.4, -0.2) is 36.3 Å². The van der Waals surface area contributed by atoms with Crippen molar-refractivity contribution in [3.8, 4) is 17.0 Å². The summed E-state index contributed by atoms with van der Waals surface area (Å²) in [6, 6.07) is 10.1. The third kappa shape index (κ3) is 3.32. The maximum atomic E-state index is 5.97. The highest BCUT2D eigenvalue weighted by Gasteiger charge is 2.15. The van der Waals surface area contributed by atoms with E-state index in [-0.39, 0.29) is 0 Å². The molecule has 4 rings (SSSR count). The van der Waals surface area contributed by atoms with Gasteiger partial charge >= 0.3 is 0 Å². The summed E-state index contributed by atoms with van der Waals surface area (Å²) < 4.78 is 12.4. The molecule has 1 aliphatic rings. The summed E-state index contributed by atoms with van der Waals surface area (Å²) in [5, 5.41) is 6.23. The van der Waals surface area contributed by atoms with Crippen LogP contribution < -0.4 is 4.74 Å². The molecule has 24 heavy (non-hydrogen) atoms. The van der Waals surface area contributed by atoms with Gasteiger partial charge < -0.3 is 9.26 Å². The van der Waals surface area contributed by atoms with Gasteiger partial charge in [0.05, 0.1) is 0 Å². The van der Waals surface area contributed by atoms with Crippen LogP contribution in [-0.2, 0) is 0 Å². The maximum Gasteiger partial charge on any atom is 0.178 e. The minimum atomic E-state index is 0.727. The Kier molecular flexibility index (Phi) is 4.54. The van der Waals surface area contributed by atoms with Gasteiger partial charge in [-0.25, -0.2) is 0 Å². The number of thiophene rings is 1. The van der Waals surface area contributed by atoms with Gasteiger partial charge in [0.25, 0.3) is 0 Å². The van der Waals surface area contributed by atoms with E-state index in [1.165, 1.54) is 25.9 Å². The Hall–Kier alpha value is -1.85. The standard InChI is InChI=1S/C19H22N2O2S/c1-14-5-8-21(9-6-14)10-11-22-16-4-2-3-15(13-16)18-19-17(23-20-18)7-12-24-19/h2-4,7,12-14H,5-6,8-11H2,1H3. The Morgan fingerprint density at radius 2 is 2.17 bits per heavy atom. The van der Waals surface area contributed by atoms with Crippen molar-refractivity contribution in [2.75, 3.05) is 26.2 Å². The normalized spacial score (nSPS) is 16.7. The Labute approximate surface area is 146 Å². The van der Waals surface area contributed by atoms with E-state index in [2.05, 4.69) is 29.1 Å². The average molecular weight is 342 g/mol. The minimum Gasteiger partial charge on any atom is -0.492 e. The van der Waals surface area contributed by atoms with Gasteiger partial charge in [0.1, 0.15) is 22.8 Å². The minimum absolute atomic E-state index is 0.727. The predicted molar refractivity (Wildman–Crippen MR) is 97.7 cm³/mol. The van der Waals surface area contributed by atoms with Gasteiger partial charge in [0.15, 0.2) is 5.58 Å². The van der Waals surface area contributed by atoms with Gasteiger partial charge in [-0.05, 0) is 55.4 Å². The van der Waals surface area contributed by atoms with Crippen LogP contribution in [0.1, 0.15) is 19.8 Å². The highest BCUT2D eigenvalue weighted by atomic mass is 32.1. The second-order valence-corrected chi connectivity index (χ2v) is 7.46. The second kappa shape index (κ2) is 6.95. The highest BCUT2D eigenvalue weighted by molar-refractivity contribution is 7.17. The lowest BCUT2D eigenvalue weighted by Crippen LogP contribution is -2.35. The molecule has 1 fully saturated rings. The molecule has 1 aromatic carbocycles. The number of hydrogen-bond donors (Lipinski definition) is 0. The largest absolute Gasteiger partial charge is 0.492 e. The first-order valence-corrected chi connectivity index (χ1v) is 9.46. The molecule has 3 heterocycles. The van der Waals surface area contributed by atoms with Crippen molar-refractivity contribution >= 4 is 21.6 Å². The fraction of sp³-hybridized carbons (Fsp3) is 0.421. The SMILES string of the molecule is CC1CCN(CCOc2cccc(-c3noc4ccsc34)c2)CC1. The van der Waals surface area contributed by atoms with Gasteiger partial charge in [0, 0.05) is 12.1 Å². The van der Waals surface area contributed by atoms with E-state index in [4.69, 9.17) is 9.26 Å². The van der Waals surface area contributed by atoms with Crippen molar-refractivity contribution in [3.63, 3.8) is 0 Å². The zero-order chi connectivity index (χ0) is 16.4. The number of benzene rings is 1. The molecule has 0 atom stereocenters. The fourth-order valence-corrected chi connectivity index (χ4v) is 3.99. The molecule has 0 bridgehead atoms. The first kappa shape index (κ1) is 15.7. The molecule has 0 saturated carbocycles. The van der Waals surface area contributed by atoms with Crippen molar-refractivity contribution in [3.05, 3.63) is 35.7 Å². The molecule has 2 aromatic heterocycles. The summed E-state index contributed by atoms with van der Waals surface area (Å²) in [5.74, 6) is 1.76. The second-order valence-electron chi connectivity index (χ2n) is 6.55.